The van der Waals surface area contributed by atoms with E-state index in [4.69, 9.17) is 0 Å². The maximum Gasteiger partial charge on any atom is 0.317 e. The molecule has 2 N–H and O–H groups in total. The van der Waals surface area contributed by atoms with Gasteiger partial charge in [-0.25, -0.2) is 0 Å². The standard InChI is InChI=1S/C15H16O2.C8H10O3/c1-15(2,11-3-7-13(16)8-4-11)12-5-9-14(17)10-6-12;9-7-5-3-1-2-4-6(5)8(10)11-7/h3-10,16-17H,1-2H3;5-6H,1-4H2. The van der Waals surface area contributed by atoms with Gasteiger partial charge in [-0.05, 0) is 48.2 Å². The molecule has 1 saturated heterocycles. The van der Waals surface area contributed by atoms with Crippen LogP contribution in [0.1, 0.15) is 50.7 Å². The summed E-state index contributed by atoms with van der Waals surface area (Å²) in [4.78, 5) is 22.0. The summed E-state index contributed by atoms with van der Waals surface area (Å²) < 4.78 is 4.53. The highest BCUT2D eigenvalue weighted by Gasteiger charge is 2.44. The lowest BCUT2D eigenvalue weighted by atomic mass is 9.78. The first-order valence-electron chi connectivity index (χ1n) is 9.63. The highest BCUT2D eigenvalue weighted by atomic mass is 16.6. The molecule has 5 heteroatoms. The van der Waals surface area contributed by atoms with E-state index in [1.54, 1.807) is 24.3 Å². The van der Waals surface area contributed by atoms with Crippen molar-refractivity contribution in [3.05, 3.63) is 59.7 Å². The van der Waals surface area contributed by atoms with E-state index in [0.717, 1.165) is 36.8 Å². The molecule has 5 nitrogen and oxygen atoms in total. The largest absolute Gasteiger partial charge is 0.508 e. The van der Waals surface area contributed by atoms with Crippen molar-refractivity contribution in [1.82, 2.24) is 0 Å². The zero-order chi connectivity index (χ0) is 20.3. The average molecular weight is 382 g/mol. The maximum atomic E-state index is 11.0. The second-order valence-electron chi connectivity index (χ2n) is 7.96. The third-order valence-corrected chi connectivity index (χ3v) is 5.75. The molecule has 4 rings (SSSR count). The summed E-state index contributed by atoms with van der Waals surface area (Å²) >= 11 is 0. The molecular formula is C23H26O5. The van der Waals surface area contributed by atoms with Crippen LogP contribution in [0.3, 0.4) is 0 Å². The number of esters is 2. The highest BCUT2D eigenvalue weighted by Crippen LogP contribution is 2.36. The number of hydrogen-bond acceptors (Lipinski definition) is 5. The van der Waals surface area contributed by atoms with Crippen molar-refractivity contribution >= 4 is 11.9 Å². The van der Waals surface area contributed by atoms with Gasteiger partial charge < -0.3 is 14.9 Å². The van der Waals surface area contributed by atoms with E-state index in [1.165, 1.54) is 0 Å². The maximum absolute atomic E-state index is 11.0. The molecule has 1 saturated carbocycles. The monoisotopic (exact) mass is 382 g/mol. The molecule has 2 unspecified atom stereocenters. The summed E-state index contributed by atoms with van der Waals surface area (Å²) in [7, 11) is 0. The molecule has 1 aliphatic heterocycles. The molecule has 28 heavy (non-hydrogen) atoms. The minimum Gasteiger partial charge on any atom is -0.508 e. The number of hydrogen-bond donors (Lipinski definition) is 2. The lowest BCUT2D eigenvalue weighted by Crippen LogP contribution is -2.21. The second-order valence-corrected chi connectivity index (χ2v) is 7.96. The van der Waals surface area contributed by atoms with Gasteiger partial charge in [-0.1, -0.05) is 51.0 Å². The Bertz CT molecular complexity index is 767. The molecule has 2 atom stereocenters. The molecule has 0 amide bonds. The fourth-order valence-corrected chi connectivity index (χ4v) is 3.87. The van der Waals surface area contributed by atoms with Gasteiger partial charge in [0.1, 0.15) is 11.5 Å². The molecule has 1 heterocycles. The van der Waals surface area contributed by atoms with Crippen LogP contribution in [0.5, 0.6) is 11.5 Å². The number of fused-ring (bicyclic) bond motifs is 1. The number of benzene rings is 2. The van der Waals surface area contributed by atoms with Gasteiger partial charge in [0.25, 0.3) is 0 Å². The van der Waals surface area contributed by atoms with Crippen molar-refractivity contribution in [2.75, 3.05) is 0 Å². The van der Waals surface area contributed by atoms with Gasteiger partial charge in [-0.3, -0.25) is 9.59 Å². The van der Waals surface area contributed by atoms with Crippen LogP contribution in [0, 0.1) is 11.8 Å². The van der Waals surface area contributed by atoms with Gasteiger partial charge in [0.15, 0.2) is 0 Å². The molecule has 2 aromatic carbocycles. The number of cyclic esters (lactones) is 2. The van der Waals surface area contributed by atoms with Crippen LogP contribution in [-0.2, 0) is 19.7 Å². The van der Waals surface area contributed by atoms with E-state index in [-0.39, 0.29) is 40.7 Å². The third kappa shape index (κ3) is 4.19. The zero-order valence-electron chi connectivity index (χ0n) is 16.2. The fourth-order valence-electron chi connectivity index (χ4n) is 3.87. The highest BCUT2D eigenvalue weighted by molar-refractivity contribution is 5.96. The Hall–Kier alpha value is -2.82. The minimum absolute atomic E-state index is 0.101. The quantitative estimate of drug-likeness (QED) is 0.598. The van der Waals surface area contributed by atoms with Gasteiger partial charge in [0.2, 0.25) is 0 Å². The number of phenols is 2. The predicted molar refractivity (Wildman–Crippen MR) is 105 cm³/mol. The predicted octanol–water partition coefficient (Wildman–Crippen LogP) is 4.30. The third-order valence-electron chi connectivity index (χ3n) is 5.75. The molecule has 2 aromatic rings. The molecule has 2 aliphatic rings. The lowest BCUT2D eigenvalue weighted by molar-refractivity contribution is -0.153. The number of aromatic hydroxyl groups is 2. The Labute approximate surface area is 165 Å². The van der Waals surface area contributed by atoms with Crippen LogP contribution in [0.2, 0.25) is 0 Å². The van der Waals surface area contributed by atoms with Gasteiger partial charge in [-0.2, -0.15) is 0 Å². The zero-order valence-corrected chi connectivity index (χ0v) is 16.2. The summed E-state index contributed by atoms with van der Waals surface area (Å²) in [6, 6.07) is 14.4. The Morgan fingerprint density at radius 3 is 1.46 bits per heavy atom. The summed E-state index contributed by atoms with van der Waals surface area (Å²) in [5.41, 5.74) is 2.10. The number of carbonyl (C=O) groups excluding carboxylic acids is 2. The lowest BCUT2D eigenvalue weighted by Gasteiger charge is -2.26. The molecule has 1 aliphatic carbocycles. The molecular weight excluding hydrogens is 356 g/mol. The van der Waals surface area contributed by atoms with Crippen LogP contribution >= 0.6 is 0 Å². The summed E-state index contributed by atoms with van der Waals surface area (Å²) in [6.45, 7) is 4.23. The van der Waals surface area contributed by atoms with Crippen molar-refractivity contribution in [3.63, 3.8) is 0 Å². The van der Waals surface area contributed by atoms with Crippen molar-refractivity contribution in [2.45, 2.75) is 44.9 Å². The van der Waals surface area contributed by atoms with Crippen LogP contribution in [-0.4, -0.2) is 22.2 Å². The number of phenolic OH excluding ortho intramolecular Hbond substituents is 2. The first-order valence-corrected chi connectivity index (χ1v) is 9.63. The Morgan fingerprint density at radius 2 is 1.11 bits per heavy atom. The van der Waals surface area contributed by atoms with E-state index < -0.39 is 0 Å². The van der Waals surface area contributed by atoms with Crippen LogP contribution in [0.4, 0.5) is 0 Å². The SMILES string of the molecule is CC(C)(c1ccc(O)cc1)c1ccc(O)cc1.O=C1OC(=O)C2CCCCC12. The summed E-state index contributed by atoms with van der Waals surface area (Å²) in [5, 5.41) is 18.6. The number of rotatable bonds is 2. The van der Waals surface area contributed by atoms with Gasteiger partial charge in [0.05, 0.1) is 11.8 Å². The molecule has 148 valence electrons. The summed E-state index contributed by atoms with van der Waals surface area (Å²) in [5.74, 6) is -0.239. The number of carbonyl (C=O) groups is 2. The Kier molecular flexibility index (Phi) is 5.73. The van der Waals surface area contributed by atoms with Gasteiger partial charge in [-0.15, -0.1) is 0 Å². The van der Waals surface area contributed by atoms with Crippen molar-refractivity contribution in [1.29, 1.82) is 0 Å². The van der Waals surface area contributed by atoms with Crippen LogP contribution in [0.25, 0.3) is 0 Å². The van der Waals surface area contributed by atoms with Gasteiger partial charge >= 0.3 is 11.9 Å². The molecule has 2 fully saturated rings. The smallest absolute Gasteiger partial charge is 0.317 e. The Balaban J connectivity index is 0.000000176. The Morgan fingerprint density at radius 1 is 0.750 bits per heavy atom. The van der Waals surface area contributed by atoms with Crippen LogP contribution in [0.15, 0.2) is 48.5 Å². The number of ether oxygens (including phenoxy) is 1. The van der Waals surface area contributed by atoms with E-state index in [1.807, 2.05) is 24.3 Å². The first kappa shape index (κ1) is 19.9. The minimum atomic E-state index is -0.292. The van der Waals surface area contributed by atoms with E-state index in [0.29, 0.717) is 0 Å². The molecule has 0 bridgehead atoms. The van der Waals surface area contributed by atoms with E-state index in [9.17, 15) is 19.8 Å². The van der Waals surface area contributed by atoms with E-state index >= 15 is 0 Å². The van der Waals surface area contributed by atoms with E-state index in [2.05, 4.69) is 18.6 Å². The van der Waals surface area contributed by atoms with Crippen molar-refractivity contribution in [2.24, 2.45) is 11.8 Å². The fraction of sp³-hybridized carbons (Fsp3) is 0.391. The molecule has 0 spiro atoms. The van der Waals surface area contributed by atoms with Crippen LogP contribution < -0.4 is 0 Å². The first-order chi connectivity index (χ1) is 13.3. The van der Waals surface area contributed by atoms with Crippen molar-refractivity contribution < 1.29 is 24.5 Å². The second kappa shape index (κ2) is 8.05. The normalized spacial score (nSPS) is 21.4. The molecule has 0 radical (unpaired) electrons. The van der Waals surface area contributed by atoms with Gasteiger partial charge in [0, 0.05) is 5.41 Å². The average Bonchev–Trinajstić information content (AvgIpc) is 2.97. The topological polar surface area (TPSA) is 83.8 Å². The summed E-state index contributed by atoms with van der Waals surface area (Å²) in [6.07, 6.45) is 3.80. The van der Waals surface area contributed by atoms with Crippen molar-refractivity contribution in [3.8, 4) is 11.5 Å². The molecule has 0 aromatic heterocycles.